The highest BCUT2D eigenvalue weighted by Crippen LogP contribution is 2.37. The van der Waals surface area contributed by atoms with Crippen LogP contribution in [0.1, 0.15) is 60.9 Å². The molecule has 0 saturated carbocycles. The molecular formula is C37H41N11O. The first kappa shape index (κ1) is 30.0. The van der Waals surface area contributed by atoms with Gasteiger partial charge in [0, 0.05) is 81.7 Å². The number of imidazole rings is 1. The zero-order chi connectivity index (χ0) is 32.9. The van der Waals surface area contributed by atoms with E-state index in [0.29, 0.717) is 23.8 Å². The molecule has 0 amide bonds. The fraction of sp³-hybridized carbons (Fsp3) is 0.378. The standard InChI is InChI=1S/C37H41N11O/c1-45-17-13-34(44-45)46-18-10-26(11-19-46)40-31-7-4-25-23-27(5-6-28(25)31)48-36(29-3-2-16-39-35(29)38)41-32-8-9-33(42-37(32)48)47-20-12-30(43-47)24-14-21-49-22-15-24/h2-3,5-6,8-9,12-13,16-17,20,23-24,26,31,40H,4,7,10-11,14-15,18-19,21-22H2,1H3,(H2,38,39)/t31-/m0/s1. The van der Waals surface area contributed by atoms with Crippen LogP contribution >= 0.6 is 0 Å². The molecule has 250 valence electrons. The van der Waals surface area contributed by atoms with Crippen LogP contribution in [0.3, 0.4) is 0 Å². The lowest BCUT2D eigenvalue weighted by Crippen LogP contribution is -2.43. The summed E-state index contributed by atoms with van der Waals surface area (Å²) in [6.45, 7) is 3.60. The Balaban J connectivity index is 1.02. The van der Waals surface area contributed by atoms with E-state index >= 15 is 0 Å². The van der Waals surface area contributed by atoms with Crippen molar-refractivity contribution >= 4 is 22.8 Å². The summed E-state index contributed by atoms with van der Waals surface area (Å²) in [6.07, 6.45) is 12.0. The average molecular weight is 656 g/mol. The monoisotopic (exact) mass is 655 g/mol. The Labute approximate surface area is 284 Å². The second kappa shape index (κ2) is 12.4. The minimum absolute atomic E-state index is 0.345. The number of piperidine rings is 1. The van der Waals surface area contributed by atoms with Crippen molar-refractivity contribution in [3.05, 3.63) is 90.0 Å². The van der Waals surface area contributed by atoms with Gasteiger partial charge in [0.15, 0.2) is 23.1 Å². The molecular weight excluding hydrogens is 614 g/mol. The van der Waals surface area contributed by atoms with E-state index in [1.807, 2.05) is 53.1 Å². The molecule has 7 heterocycles. The van der Waals surface area contributed by atoms with E-state index in [1.54, 1.807) is 6.20 Å². The molecule has 3 aliphatic rings. The molecule has 0 spiro atoms. The van der Waals surface area contributed by atoms with Crippen LogP contribution in [-0.4, -0.2) is 71.4 Å². The molecule has 1 atom stereocenters. The van der Waals surface area contributed by atoms with Crippen LogP contribution in [-0.2, 0) is 18.2 Å². The number of hydrogen-bond donors (Lipinski definition) is 2. The van der Waals surface area contributed by atoms with Crippen molar-refractivity contribution < 1.29 is 4.74 Å². The zero-order valence-corrected chi connectivity index (χ0v) is 27.7. The van der Waals surface area contributed by atoms with Crippen molar-refractivity contribution in [2.24, 2.45) is 7.05 Å². The number of nitrogen functional groups attached to an aromatic ring is 1. The number of hydrogen-bond acceptors (Lipinski definition) is 9. The Morgan fingerprint density at radius 2 is 1.76 bits per heavy atom. The highest BCUT2D eigenvalue weighted by molar-refractivity contribution is 5.83. The summed E-state index contributed by atoms with van der Waals surface area (Å²) < 4.78 is 11.5. The van der Waals surface area contributed by atoms with Gasteiger partial charge in [-0.3, -0.25) is 9.25 Å². The van der Waals surface area contributed by atoms with Crippen molar-refractivity contribution in [3.63, 3.8) is 0 Å². The van der Waals surface area contributed by atoms with Crippen molar-refractivity contribution in [2.45, 2.75) is 56.5 Å². The first-order chi connectivity index (χ1) is 24.1. The molecule has 2 aliphatic heterocycles. The molecule has 5 aromatic heterocycles. The van der Waals surface area contributed by atoms with E-state index in [-0.39, 0.29) is 0 Å². The Bertz CT molecular complexity index is 2120. The predicted molar refractivity (Wildman–Crippen MR) is 189 cm³/mol. The van der Waals surface area contributed by atoms with Crippen molar-refractivity contribution in [3.8, 4) is 22.9 Å². The smallest absolute Gasteiger partial charge is 0.167 e. The number of pyridine rings is 2. The van der Waals surface area contributed by atoms with E-state index in [4.69, 9.17) is 25.5 Å². The highest BCUT2D eigenvalue weighted by Gasteiger charge is 2.29. The lowest BCUT2D eigenvalue weighted by Gasteiger charge is -2.34. The number of rotatable bonds is 7. The normalized spacial score (nSPS) is 18.8. The number of benzene rings is 1. The Morgan fingerprint density at radius 1 is 0.878 bits per heavy atom. The topological polar surface area (TPSA) is 130 Å². The van der Waals surface area contributed by atoms with Gasteiger partial charge < -0.3 is 20.7 Å². The van der Waals surface area contributed by atoms with Crippen LogP contribution in [0.4, 0.5) is 11.6 Å². The maximum atomic E-state index is 6.43. The third kappa shape index (κ3) is 5.64. The average Bonchev–Trinajstić information content (AvgIpc) is 3.95. The lowest BCUT2D eigenvalue weighted by atomic mass is 9.97. The second-order valence-electron chi connectivity index (χ2n) is 13.5. The van der Waals surface area contributed by atoms with Gasteiger partial charge in [0.25, 0.3) is 0 Å². The summed E-state index contributed by atoms with van der Waals surface area (Å²) in [7, 11) is 1.98. The fourth-order valence-corrected chi connectivity index (χ4v) is 7.83. The summed E-state index contributed by atoms with van der Waals surface area (Å²) in [4.78, 5) is 17.0. The number of nitrogens with zero attached hydrogens (tertiary/aromatic N) is 9. The molecule has 12 nitrogen and oxygen atoms in total. The lowest BCUT2D eigenvalue weighted by molar-refractivity contribution is 0.0844. The van der Waals surface area contributed by atoms with Crippen LogP contribution < -0.4 is 16.0 Å². The molecule has 1 aliphatic carbocycles. The molecule has 2 fully saturated rings. The summed E-state index contributed by atoms with van der Waals surface area (Å²) in [5.41, 5.74) is 13.6. The maximum Gasteiger partial charge on any atom is 0.167 e. The first-order valence-electron chi connectivity index (χ1n) is 17.5. The molecule has 0 bridgehead atoms. The molecule has 0 radical (unpaired) electrons. The van der Waals surface area contributed by atoms with Gasteiger partial charge in [-0.05, 0) is 92.1 Å². The second-order valence-corrected chi connectivity index (χ2v) is 13.5. The van der Waals surface area contributed by atoms with E-state index in [2.05, 4.69) is 55.2 Å². The predicted octanol–water partition coefficient (Wildman–Crippen LogP) is 5.12. The third-order valence-corrected chi connectivity index (χ3v) is 10.5. The van der Waals surface area contributed by atoms with E-state index in [9.17, 15) is 0 Å². The summed E-state index contributed by atoms with van der Waals surface area (Å²) >= 11 is 0. The zero-order valence-electron chi connectivity index (χ0n) is 27.7. The Hall–Kier alpha value is -5.07. The molecule has 2 saturated heterocycles. The molecule has 1 aromatic carbocycles. The summed E-state index contributed by atoms with van der Waals surface area (Å²) in [6, 6.07) is 19.7. The van der Waals surface area contributed by atoms with Crippen LogP contribution in [0.25, 0.3) is 34.1 Å². The summed E-state index contributed by atoms with van der Waals surface area (Å²) in [5.74, 6) is 3.39. The van der Waals surface area contributed by atoms with Gasteiger partial charge in [0.1, 0.15) is 11.3 Å². The van der Waals surface area contributed by atoms with E-state index in [0.717, 1.165) is 110 Å². The van der Waals surface area contributed by atoms with Gasteiger partial charge in [0.2, 0.25) is 0 Å². The van der Waals surface area contributed by atoms with Gasteiger partial charge in [-0.1, -0.05) is 6.07 Å². The number of aryl methyl sites for hydroxylation is 2. The minimum Gasteiger partial charge on any atom is -0.383 e. The Morgan fingerprint density at radius 3 is 2.57 bits per heavy atom. The van der Waals surface area contributed by atoms with Gasteiger partial charge in [-0.2, -0.15) is 10.2 Å². The minimum atomic E-state index is 0.345. The van der Waals surface area contributed by atoms with Gasteiger partial charge in [-0.15, -0.1) is 0 Å². The molecule has 49 heavy (non-hydrogen) atoms. The van der Waals surface area contributed by atoms with Crippen molar-refractivity contribution in [1.29, 1.82) is 0 Å². The molecule has 3 N–H and O–H groups in total. The highest BCUT2D eigenvalue weighted by atomic mass is 16.5. The number of aromatic nitrogens is 8. The third-order valence-electron chi connectivity index (χ3n) is 10.5. The molecule has 12 heteroatoms. The number of nitrogens with one attached hydrogen (secondary N) is 1. The quantitative estimate of drug-likeness (QED) is 0.241. The molecule has 9 rings (SSSR count). The fourth-order valence-electron chi connectivity index (χ4n) is 7.83. The van der Waals surface area contributed by atoms with Crippen LogP contribution in [0.2, 0.25) is 0 Å². The maximum absolute atomic E-state index is 6.43. The molecule has 0 unspecified atom stereocenters. The van der Waals surface area contributed by atoms with Crippen LogP contribution in [0, 0.1) is 0 Å². The largest absolute Gasteiger partial charge is 0.383 e. The van der Waals surface area contributed by atoms with Crippen LogP contribution in [0.15, 0.2) is 73.2 Å². The van der Waals surface area contributed by atoms with Gasteiger partial charge >= 0.3 is 0 Å². The Kier molecular flexibility index (Phi) is 7.61. The molecule has 6 aromatic rings. The number of nitrogens with two attached hydrogens (primary N) is 1. The van der Waals surface area contributed by atoms with E-state index in [1.165, 1.54) is 11.1 Å². The summed E-state index contributed by atoms with van der Waals surface area (Å²) in [5, 5.41) is 13.5. The number of ether oxygens (including phenoxy) is 1. The number of fused-ring (bicyclic) bond motifs is 2. The number of anilines is 2. The van der Waals surface area contributed by atoms with Crippen molar-refractivity contribution in [1.82, 2.24) is 44.4 Å². The SMILES string of the molecule is Cn1ccc(N2CCC(N[C@H]3CCc4cc(-n5c(-c6cccnc6N)nc6ccc(-n7ccc(C8CCOCC8)n7)nc65)ccc43)CC2)n1. The van der Waals surface area contributed by atoms with Crippen molar-refractivity contribution in [2.75, 3.05) is 36.9 Å². The first-order valence-corrected chi connectivity index (χ1v) is 17.5. The van der Waals surface area contributed by atoms with Gasteiger partial charge in [-0.25, -0.2) is 19.6 Å². The van der Waals surface area contributed by atoms with E-state index < -0.39 is 0 Å². The van der Waals surface area contributed by atoms with Crippen LogP contribution in [0.5, 0.6) is 0 Å². The van der Waals surface area contributed by atoms with Gasteiger partial charge in [0.05, 0.1) is 11.3 Å².